The van der Waals surface area contributed by atoms with Crippen LogP contribution in [-0.4, -0.2) is 32.1 Å². The molecule has 2 aromatic carbocycles. The summed E-state index contributed by atoms with van der Waals surface area (Å²) in [5, 5.41) is 0. The minimum atomic E-state index is -0.290. The van der Waals surface area contributed by atoms with Gasteiger partial charge >= 0.3 is 5.97 Å². The Morgan fingerprint density at radius 3 is 2.31 bits per heavy atom. The van der Waals surface area contributed by atoms with Crippen LogP contribution in [0.5, 0.6) is 5.75 Å². The second-order valence-corrected chi connectivity index (χ2v) is 9.39. The van der Waals surface area contributed by atoms with Crippen molar-refractivity contribution in [2.24, 2.45) is 17.3 Å². The van der Waals surface area contributed by atoms with Gasteiger partial charge in [-0.15, -0.1) is 0 Å². The fourth-order valence-electron chi connectivity index (χ4n) is 5.25. The van der Waals surface area contributed by atoms with Crippen LogP contribution in [0, 0.1) is 17.3 Å². The summed E-state index contributed by atoms with van der Waals surface area (Å²) in [6.45, 7) is 9.08. The smallest absolute Gasteiger partial charge is 0.343 e. The van der Waals surface area contributed by atoms with Gasteiger partial charge in [0.1, 0.15) is 0 Å². The third kappa shape index (κ3) is 3.39. The molecule has 5 rings (SSSR count). The second kappa shape index (κ2) is 7.08. The molecular formula is C25H30N2O2. The molecule has 1 saturated carbocycles. The summed E-state index contributed by atoms with van der Waals surface area (Å²) in [6, 6.07) is 15.6. The highest BCUT2D eigenvalue weighted by molar-refractivity contribution is 5.92. The summed E-state index contributed by atoms with van der Waals surface area (Å²) in [4.78, 5) is 17.6. The number of fused-ring (bicyclic) bond motifs is 1. The van der Waals surface area contributed by atoms with Gasteiger partial charge in [0.25, 0.3) is 0 Å². The highest BCUT2D eigenvalue weighted by Crippen LogP contribution is 2.62. The minimum absolute atomic E-state index is 0.290. The van der Waals surface area contributed by atoms with Crippen molar-refractivity contribution in [2.75, 3.05) is 36.0 Å². The van der Waals surface area contributed by atoms with Crippen LogP contribution < -0.4 is 14.5 Å². The van der Waals surface area contributed by atoms with Gasteiger partial charge in [0.05, 0.1) is 11.3 Å². The number of hydrogen-bond donors (Lipinski definition) is 0. The van der Waals surface area contributed by atoms with Gasteiger partial charge in [-0.05, 0) is 66.8 Å². The van der Waals surface area contributed by atoms with Crippen molar-refractivity contribution in [3.63, 3.8) is 0 Å². The first kappa shape index (κ1) is 18.5. The zero-order valence-electron chi connectivity index (χ0n) is 17.4. The molecule has 3 aliphatic rings. The van der Waals surface area contributed by atoms with E-state index >= 15 is 0 Å². The lowest BCUT2D eigenvalue weighted by Gasteiger charge is -2.31. The van der Waals surface area contributed by atoms with Crippen molar-refractivity contribution in [3.8, 4) is 5.75 Å². The SMILES string of the molecule is CC1(C)C2CN(c3cc(N4CCCCC4)ccc3OC(=O)c3ccccc3)CC21. The van der Waals surface area contributed by atoms with Crippen molar-refractivity contribution < 1.29 is 9.53 Å². The number of nitrogens with zero attached hydrogens (tertiary/aromatic N) is 2. The Kier molecular flexibility index (Phi) is 4.53. The van der Waals surface area contributed by atoms with Crippen LogP contribution in [-0.2, 0) is 0 Å². The number of carbonyl (C=O) groups is 1. The van der Waals surface area contributed by atoms with Crippen LogP contribution in [0.2, 0.25) is 0 Å². The zero-order chi connectivity index (χ0) is 20.0. The molecule has 0 bridgehead atoms. The molecule has 0 amide bonds. The lowest BCUT2D eigenvalue weighted by Crippen LogP contribution is -2.30. The first-order valence-electron chi connectivity index (χ1n) is 11.0. The highest BCUT2D eigenvalue weighted by Gasteiger charge is 2.62. The molecule has 2 unspecified atom stereocenters. The van der Waals surface area contributed by atoms with Crippen LogP contribution in [0.3, 0.4) is 0 Å². The standard InChI is InChI=1S/C25H30N2O2/c1-25(2)20-16-27(17-21(20)25)22-15-19(26-13-7-4-8-14-26)11-12-23(22)29-24(28)18-9-5-3-6-10-18/h3,5-6,9-12,15,20-21H,4,7-8,13-14,16-17H2,1-2H3. The molecule has 0 aromatic heterocycles. The van der Waals surface area contributed by atoms with E-state index in [1.54, 1.807) is 12.1 Å². The quantitative estimate of drug-likeness (QED) is 0.544. The molecule has 2 heterocycles. The molecule has 2 saturated heterocycles. The number of piperidine rings is 2. The number of hydrogen-bond acceptors (Lipinski definition) is 4. The van der Waals surface area contributed by atoms with E-state index in [1.165, 1.54) is 24.9 Å². The molecule has 0 spiro atoms. The van der Waals surface area contributed by atoms with Gasteiger partial charge in [0.2, 0.25) is 0 Å². The average molecular weight is 391 g/mol. The van der Waals surface area contributed by atoms with Crippen molar-refractivity contribution >= 4 is 17.3 Å². The van der Waals surface area contributed by atoms with Gasteiger partial charge < -0.3 is 14.5 Å². The molecule has 29 heavy (non-hydrogen) atoms. The van der Waals surface area contributed by atoms with Gasteiger partial charge in [-0.1, -0.05) is 32.0 Å². The Balaban J connectivity index is 1.43. The van der Waals surface area contributed by atoms with Crippen LogP contribution in [0.1, 0.15) is 43.5 Å². The maximum absolute atomic E-state index is 12.7. The van der Waals surface area contributed by atoms with Crippen LogP contribution >= 0.6 is 0 Å². The number of ether oxygens (including phenoxy) is 1. The van der Waals surface area contributed by atoms with Gasteiger partial charge in [-0.2, -0.15) is 0 Å². The van der Waals surface area contributed by atoms with E-state index in [4.69, 9.17) is 4.74 Å². The van der Waals surface area contributed by atoms with Gasteiger partial charge in [0.15, 0.2) is 5.75 Å². The summed E-state index contributed by atoms with van der Waals surface area (Å²) in [6.07, 6.45) is 3.82. The first-order valence-corrected chi connectivity index (χ1v) is 11.0. The molecule has 2 atom stereocenters. The Labute approximate surface area is 173 Å². The third-order valence-corrected chi connectivity index (χ3v) is 7.34. The average Bonchev–Trinajstić information content (AvgIpc) is 3.09. The van der Waals surface area contributed by atoms with Crippen molar-refractivity contribution in [1.29, 1.82) is 0 Å². The summed E-state index contributed by atoms with van der Waals surface area (Å²) >= 11 is 0. The Morgan fingerprint density at radius 2 is 1.62 bits per heavy atom. The summed E-state index contributed by atoms with van der Waals surface area (Å²) in [5.41, 5.74) is 3.37. The number of rotatable bonds is 4. The lowest BCUT2D eigenvalue weighted by atomic mass is 10.1. The van der Waals surface area contributed by atoms with E-state index in [-0.39, 0.29) is 5.97 Å². The van der Waals surface area contributed by atoms with Gasteiger partial charge in [0, 0.05) is 31.9 Å². The Hall–Kier alpha value is -2.49. The fourth-order valence-corrected chi connectivity index (χ4v) is 5.25. The van der Waals surface area contributed by atoms with E-state index in [0.717, 1.165) is 43.7 Å². The predicted octanol–water partition coefficient (Wildman–Crippen LogP) is 4.99. The molecule has 2 aliphatic heterocycles. The monoisotopic (exact) mass is 390 g/mol. The fraction of sp³-hybridized carbons (Fsp3) is 0.480. The zero-order valence-corrected chi connectivity index (χ0v) is 17.4. The molecule has 0 radical (unpaired) electrons. The van der Waals surface area contributed by atoms with E-state index in [2.05, 4.69) is 35.8 Å². The number of benzene rings is 2. The molecule has 3 fully saturated rings. The molecule has 0 N–H and O–H groups in total. The van der Waals surface area contributed by atoms with E-state index in [1.807, 2.05) is 24.3 Å². The lowest BCUT2D eigenvalue weighted by molar-refractivity contribution is 0.0735. The van der Waals surface area contributed by atoms with Crippen LogP contribution in [0.4, 0.5) is 11.4 Å². The molecule has 1 aliphatic carbocycles. The molecular weight excluding hydrogens is 360 g/mol. The maximum Gasteiger partial charge on any atom is 0.343 e. The van der Waals surface area contributed by atoms with E-state index in [9.17, 15) is 4.79 Å². The molecule has 152 valence electrons. The van der Waals surface area contributed by atoms with E-state index < -0.39 is 0 Å². The predicted molar refractivity (Wildman–Crippen MR) is 117 cm³/mol. The minimum Gasteiger partial charge on any atom is -0.421 e. The van der Waals surface area contributed by atoms with Gasteiger partial charge in [-0.3, -0.25) is 0 Å². The number of esters is 1. The molecule has 4 heteroatoms. The van der Waals surface area contributed by atoms with Crippen molar-refractivity contribution in [2.45, 2.75) is 33.1 Å². The van der Waals surface area contributed by atoms with Crippen molar-refractivity contribution in [3.05, 3.63) is 54.1 Å². The highest BCUT2D eigenvalue weighted by atomic mass is 16.5. The molecule has 2 aromatic rings. The summed E-state index contributed by atoms with van der Waals surface area (Å²) < 4.78 is 5.89. The van der Waals surface area contributed by atoms with Crippen LogP contribution in [0.15, 0.2) is 48.5 Å². The number of carbonyl (C=O) groups excluding carboxylic acids is 1. The van der Waals surface area contributed by atoms with Crippen molar-refractivity contribution in [1.82, 2.24) is 0 Å². The Bertz CT molecular complexity index is 888. The summed E-state index contributed by atoms with van der Waals surface area (Å²) in [7, 11) is 0. The van der Waals surface area contributed by atoms with E-state index in [0.29, 0.717) is 16.7 Å². The topological polar surface area (TPSA) is 32.8 Å². The van der Waals surface area contributed by atoms with Gasteiger partial charge in [-0.25, -0.2) is 4.79 Å². The second-order valence-electron chi connectivity index (χ2n) is 9.39. The number of anilines is 2. The largest absolute Gasteiger partial charge is 0.421 e. The first-order chi connectivity index (χ1) is 14.0. The molecule has 4 nitrogen and oxygen atoms in total. The normalized spacial score (nSPS) is 24.9. The Morgan fingerprint density at radius 1 is 0.931 bits per heavy atom. The maximum atomic E-state index is 12.7. The third-order valence-electron chi connectivity index (χ3n) is 7.34. The summed E-state index contributed by atoms with van der Waals surface area (Å²) in [5.74, 6) is 1.89. The van der Waals surface area contributed by atoms with Crippen LogP contribution in [0.25, 0.3) is 0 Å².